The quantitative estimate of drug-likeness (QED) is 0.522. The molecule has 0 unspecified atom stereocenters. The summed E-state index contributed by atoms with van der Waals surface area (Å²) in [5.74, 6) is 0.122. The van der Waals surface area contributed by atoms with Gasteiger partial charge in [0.25, 0.3) is 0 Å². The van der Waals surface area contributed by atoms with Gasteiger partial charge in [0, 0.05) is 35.6 Å². The first-order valence-corrected chi connectivity index (χ1v) is 10.3. The van der Waals surface area contributed by atoms with E-state index >= 15 is 0 Å². The fourth-order valence-corrected chi connectivity index (χ4v) is 4.27. The van der Waals surface area contributed by atoms with Gasteiger partial charge in [-0.15, -0.1) is 16.4 Å². The van der Waals surface area contributed by atoms with Gasteiger partial charge in [0.2, 0.25) is 5.91 Å². The Hall–Kier alpha value is -3.10. The highest BCUT2D eigenvalue weighted by Gasteiger charge is 2.28. The van der Waals surface area contributed by atoms with Crippen LogP contribution in [-0.4, -0.2) is 50.3 Å². The summed E-state index contributed by atoms with van der Waals surface area (Å²) in [7, 11) is 0. The lowest BCUT2D eigenvalue weighted by Gasteiger charge is -2.32. The van der Waals surface area contributed by atoms with Crippen LogP contribution in [0.15, 0.2) is 60.4 Å². The summed E-state index contributed by atoms with van der Waals surface area (Å²) in [5, 5.41) is 10.6. The van der Waals surface area contributed by atoms with Gasteiger partial charge >= 0.3 is 0 Å². The third-order valence-electron chi connectivity index (χ3n) is 5.08. The minimum absolute atomic E-state index is 0.122. The number of hydrogen-bond donors (Lipinski definition) is 0. The van der Waals surface area contributed by atoms with Crippen molar-refractivity contribution in [3.63, 3.8) is 0 Å². The molecule has 0 radical (unpaired) electrons. The van der Waals surface area contributed by atoms with E-state index < -0.39 is 0 Å². The summed E-state index contributed by atoms with van der Waals surface area (Å²) < 4.78 is 7.71. The maximum atomic E-state index is 12.7. The highest BCUT2D eigenvalue weighted by atomic mass is 32.1. The van der Waals surface area contributed by atoms with Crippen LogP contribution < -0.4 is 0 Å². The first kappa shape index (κ1) is 18.0. The molecule has 1 aliphatic heterocycles. The van der Waals surface area contributed by atoms with E-state index in [4.69, 9.17) is 4.74 Å². The van der Waals surface area contributed by atoms with Gasteiger partial charge < -0.3 is 9.64 Å². The summed E-state index contributed by atoms with van der Waals surface area (Å²) in [6.45, 7) is 1.59. The Balaban J connectivity index is 1.36. The van der Waals surface area contributed by atoms with Crippen LogP contribution in [0.2, 0.25) is 0 Å². The van der Waals surface area contributed by atoms with E-state index in [1.165, 1.54) is 0 Å². The molecule has 1 amide bonds. The zero-order valence-corrected chi connectivity index (χ0v) is 16.5. The fourth-order valence-electron chi connectivity index (χ4n) is 3.57. The predicted octanol–water partition coefficient (Wildman–Crippen LogP) is 3.00. The van der Waals surface area contributed by atoms with Crippen LogP contribution in [0.5, 0.6) is 0 Å². The maximum Gasteiger partial charge on any atom is 0.228 e. The normalized spacial score (nSPS) is 17.0. The lowest BCUT2D eigenvalue weighted by atomic mass is 10.1. The molecule has 1 saturated heterocycles. The molecule has 0 spiro atoms. The number of morpholine rings is 1. The van der Waals surface area contributed by atoms with Gasteiger partial charge in [-0.25, -0.2) is 4.52 Å². The highest BCUT2D eigenvalue weighted by molar-refractivity contribution is 7.10. The largest absolute Gasteiger partial charge is 0.368 e. The molecule has 0 N–H and O–H groups in total. The van der Waals surface area contributed by atoms with Crippen LogP contribution in [0, 0.1) is 0 Å². The molecule has 1 atom stereocenters. The molecule has 146 valence electrons. The van der Waals surface area contributed by atoms with Crippen LogP contribution in [0.1, 0.15) is 16.7 Å². The molecule has 29 heavy (non-hydrogen) atoms. The minimum Gasteiger partial charge on any atom is -0.368 e. The van der Waals surface area contributed by atoms with Gasteiger partial charge in [0.15, 0.2) is 0 Å². The summed E-state index contributed by atoms with van der Waals surface area (Å²) in [5.41, 5.74) is 3.76. The number of carbonyl (C=O) groups is 1. The van der Waals surface area contributed by atoms with Gasteiger partial charge in [-0.1, -0.05) is 17.3 Å². The number of rotatable bonds is 4. The average molecular weight is 405 g/mol. The molecule has 0 aromatic carbocycles. The Bertz CT molecular complexity index is 1130. The SMILES string of the molecule is O=C(Cc1cccs1)N1CCO[C@@H](c2nnn3cc(-c4ccncc4)ccc23)C1. The van der Waals surface area contributed by atoms with Crippen molar-refractivity contribution in [2.75, 3.05) is 19.7 Å². The summed E-state index contributed by atoms with van der Waals surface area (Å²) >= 11 is 1.61. The van der Waals surface area contributed by atoms with Crippen molar-refractivity contribution in [2.24, 2.45) is 0 Å². The lowest BCUT2D eigenvalue weighted by molar-refractivity contribution is -0.138. The van der Waals surface area contributed by atoms with Crippen LogP contribution in [0.25, 0.3) is 16.6 Å². The number of nitrogens with zero attached hydrogens (tertiary/aromatic N) is 5. The number of hydrogen-bond acceptors (Lipinski definition) is 6. The third kappa shape index (κ3) is 3.64. The maximum absolute atomic E-state index is 12.7. The van der Waals surface area contributed by atoms with Crippen LogP contribution >= 0.6 is 11.3 Å². The molecule has 0 aliphatic carbocycles. The molecule has 5 rings (SSSR count). The average Bonchev–Trinajstić information content (AvgIpc) is 3.43. The molecule has 7 nitrogen and oxygen atoms in total. The number of thiophene rings is 1. The van der Waals surface area contributed by atoms with Gasteiger partial charge in [-0.3, -0.25) is 9.78 Å². The van der Waals surface area contributed by atoms with Crippen molar-refractivity contribution in [1.82, 2.24) is 24.7 Å². The van der Waals surface area contributed by atoms with Crippen LogP contribution in [0.3, 0.4) is 0 Å². The zero-order chi connectivity index (χ0) is 19.6. The number of pyridine rings is 2. The van der Waals surface area contributed by atoms with E-state index in [0.29, 0.717) is 26.1 Å². The van der Waals surface area contributed by atoms with Crippen molar-refractivity contribution >= 4 is 22.8 Å². The summed E-state index contributed by atoms with van der Waals surface area (Å²) in [4.78, 5) is 19.7. The van der Waals surface area contributed by atoms with Crippen molar-refractivity contribution in [2.45, 2.75) is 12.5 Å². The topological polar surface area (TPSA) is 72.6 Å². The van der Waals surface area contributed by atoms with Crippen molar-refractivity contribution in [3.05, 3.63) is 70.9 Å². The van der Waals surface area contributed by atoms with E-state index in [9.17, 15) is 4.79 Å². The second-order valence-corrected chi connectivity index (χ2v) is 7.95. The predicted molar refractivity (Wildman–Crippen MR) is 110 cm³/mol. The smallest absolute Gasteiger partial charge is 0.228 e. The van der Waals surface area contributed by atoms with E-state index in [2.05, 4.69) is 15.3 Å². The van der Waals surface area contributed by atoms with E-state index in [-0.39, 0.29) is 12.0 Å². The lowest BCUT2D eigenvalue weighted by Crippen LogP contribution is -2.43. The van der Waals surface area contributed by atoms with Gasteiger partial charge in [0.05, 0.1) is 25.1 Å². The Morgan fingerprint density at radius 2 is 2.07 bits per heavy atom. The molecule has 4 aromatic heterocycles. The Morgan fingerprint density at radius 3 is 2.90 bits per heavy atom. The highest BCUT2D eigenvalue weighted by Crippen LogP contribution is 2.27. The molecule has 1 aliphatic rings. The first-order valence-electron chi connectivity index (χ1n) is 9.45. The number of carbonyl (C=O) groups excluding carboxylic acids is 1. The fraction of sp³-hybridized carbons (Fsp3) is 0.238. The van der Waals surface area contributed by atoms with E-state index in [0.717, 1.165) is 27.2 Å². The van der Waals surface area contributed by atoms with E-state index in [1.54, 1.807) is 28.2 Å². The van der Waals surface area contributed by atoms with Gasteiger partial charge in [0.1, 0.15) is 11.8 Å². The molecular formula is C21H19N5O2S. The Morgan fingerprint density at radius 1 is 1.17 bits per heavy atom. The van der Waals surface area contributed by atoms with Gasteiger partial charge in [-0.05, 0) is 35.2 Å². The number of fused-ring (bicyclic) bond motifs is 1. The molecule has 8 heteroatoms. The second kappa shape index (κ2) is 7.73. The molecule has 1 fully saturated rings. The summed E-state index contributed by atoms with van der Waals surface area (Å²) in [6.07, 6.45) is 5.64. The number of ether oxygens (including phenoxy) is 1. The summed E-state index contributed by atoms with van der Waals surface area (Å²) in [6, 6.07) is 11.9. The monoisotopic (exact) mass is 405 g/mol. The molecule has 0 bridgehead atoms. The second-order valence-electron chi connectivity index (χ2n) is 6.91. The van der Waals surface area contributed by atoms with Crippen LogP contribution in [0.4, 0.5) is 0 Å². The Labute approximate surface area is 171 Å². The Kier molecular flexibility index (Phi) is 4.79. The van der Waals surface area contributed by atoms with Gasteiger partial charge in [-0.2, -0.15) is 0 Å². The zero-order valence-electron chi connectivity index (χ0n) is 15.6. The number of amides is 1. The number of aromatic nitrogens is 4. The van der Waals surface area contributed by atoms with Crippen molar-refractivity contribution in [1.29, 1.82) is 0 Å². The van der Waals surface area contributed by atoms with Crippen molar-refractivity contribution < 1.29 is 9.53 Å². The van der Waals surface area contributed by atoms with E-state index in [1.807, 2.05) is 52.9 Å². The third-order valence-corrected chi connectivity index (χ3v) is 5.96. The molecular weight excluding hydrogens is 386 g/mol. The van der Waals surface area contributed by atoms with Crippen LogP contribution in [-0.2, 0) is 16.0 Å². The molecule has 4 aromatic rings. The molecule has 5 heterocycles. The molecule has 0 saturated carbocycles. The van der Waals surface area contributed by atoms with Crippen molar-refractivity contribution in [3.8, 4) is 11.1 Å². The standard InChI is InChI=1S/C21H19N5O2S/c27-20(12-17-2-1-11-29-17)25-9-10-28-19(14-25)21-18-4-3-16(13-26(18)24-23-21)15-5-7-22-8-6-15/h1-8,11,13,19H,9-10,12,14H2/t19-/m1/s1. The minimum atomic E-state index is -0.277. The first-order chi connectivity index (χ1) is 14.3.